The van der Waals surface area contributed by atoms with Gasteiger partial charge in [0.15, 0.2) is 0 Å². The maximum Gasteiger partial charge on any atom is 0.231 e. The van der Waals surface area contributed by atoms with Crippen molar-refractivity contribution >= 4 is 17.8 Å². The molecule has 0 aliphatic heterocycles. The van der Waals surface area contributed by atoms with Gasteiger partial charge in [-0.3, -0.25) is 0 Å². The van der Waals surface area contributed by atoms with Crippen LogP contribution in [0.2, 0.25) is 0 Å². The van der Waals surface area contributed by atoms with Crippen molar-refractivity contribution in [3.63, 3.8) is 0 Å². The quantitative estimate of drug-likeness (QED) is 0.526. The molecule has 8 nitrogen and oxygen atoms in total. The van der Waals surface area contributed by atoms with E-state index < -0.39 is 5.54 Å². The monoisotopic (exact) mass is 270 g/mol. The third kappa shape index (κ3) is 3.65. The van der Waals surface area contributed by atoms with E-state index >= 15 is 0 Å². The number of aromatic nitrogens is 3. The second kappa shape index (κ2) is 6.48. The third-order valence-corrected chi connectivity index (χ3v) is 2.91. The van der Waals surface area contributed by atoms with Crippen LogP contribution in [0, 0.1) is 0 Å². The van der Waals surface area contributed by atoms with Crippen LogP contribution < -0.4 is 15.5 Å². The molecule has 1 aromatic rings. The lowest BCUT2D eigenvalue weighted by atomic mass is 9.99. The van der Waals surface area contributed by atoms with Crippen molar-refractivity contribution in [3.05, 3.63) is 0 Å². The molecule has 0 bridgehead atoms. The molecule has 0 radical (unpaired) electrons. The van der Waals surface area contributed by atoms with E-state index in [0.29, 0.717) is 24.3 Å². The summed E-state index contributed by atoms with van der Waals surface area (Å²) in [7, 11) is 5.36. The number of hydrogen-bond donors (Lipinski definition) is 4. The Labute approximate surface area is 112 Å². The van der Waals surface area contributed by atoms with Gasteiger partial charge < -0.3 is 25.7 Å². The highest BCUT2D eigenvalue weighted by molar-refractivity contribution is 5.44. The Bertz CT molecular complexity index is 400. The van der Waals surface area contributed by atoms with Gasteiger partial charge in [0.05, 0.1) is 18.8 Å². The molecule has 0 unspecified atom stereocenters. The minimum Gasteiger partial charge on any atom is -0.394 e. The number of aliphatic hydroxyl groups is 2. The van der Waals surface area contributed by atoms with Crippen molar-refractivity contribution in [1.82, 2.24) is 15.0 Å². The number of nitrogens with one attached hydrogen (secondary N) is 2. The highest BCUT2D eigenvalue weighted by Gasteiger charge is 2.27. The Morgan fingerprint density at radius 2 is 1.68 bits per heavy atom. The average Bonchev–Trinajstić information content (AvgIpc) is 2.44. The molecule has 0 spiro atoms. The van der Waals surface area contributed by atoms with E-state index in [2.05, 4.69) is 25.6 Å². The maximum absolute atomic E-state index is 9.42. The van der Waals surface area contributed by atoms with Gasteiger partial charge in [0, 0.05) is 21.1 Å². The van der Waals surface area contributed by atoms with Gasteiger partial charge in [-0.15, -0.1) is 0 Å². The van der Waals surface area contributed by atoms with Gasteiger partial charge in [0.1, 0.15) is 0 Å². The summed E-state index contributed by atoms with van der Waals surface area (Å²) in [6.45, 7) is 1.45. The molecule has 0 atom stereocenters. The minimum atomic E-state index is -0.837. The molecule has 0 fully saturated rings. The maximum atomic E-state index is 9.42. The van der Waals surface area contributed by atoms with E-state index in [-0.39, 0.29) is 13.2 Å². The van der Waals surface area contributed by atoms with Crippen molar-refractivity contribution in [2.24, 2.45) is 0 Å². The molecule has 0 aromatic carbocycles. The fraction of sp³-hybridized carbons (Fsp3) is 0.727. The molecule has 4 N–H and O–H groups in total. The summed E-state index contributed by atoms with van der Waals surface area (Å²) in [5.74, 6) is 1.22. The second-order valence-electron chi connectivity index (χ2n) is 4.50. The van der Waals surface area contributed by atoms with Crippen molar-refractivity contribution in [2.75, 3.05) is 49.9 Å². The lowest BCUT2D eigenvalue weighted by Crippen LogP contribution is -2.45. The van der Waals surface area contributed by atoms with Crippen LogP contribution in [0.15, 0.2) is 0 Å². The first-order valence-electron chi connectivity index (χ1n) is 6.11. The molecule has 1 aromatic heterocycles. The van der Waals surface area contributed by atoms with Gasteiger partial charge in [-0.05, 0) is 6.42 Å². The number of nitrogens with zero attached hydrogens (tertiary/aromatic N) is 4. The standard InChI is InChI=1S/C11H22N6O2/c1-5-11(6-18,7-19)16-9-13-8(12-2)14-10(15-9)17(3)4/h18-19H,5-7H2,1-4H3,(H2,12,13,14,15,16). The SMILES string of the molecule is CCC(CO)(CO)Nc1nc(NC)nc(N(C)C)n1. The molecule has 1 rings (SSSR count). The summed E-state index contributed by atoms with van der Waals surface area (Å²) in [6.07, 6.45) is 0.540. The Hall–Kier alpha value is -1.67. The zero-order chi connectivity index (χ0) is 14.5. The first-order valence-corrected chi connectivity index (χ1v) is 6.11. The Morgan fingerprint density at radius 1 is 1.11 bits per heavy atom. The summed E-state index contributed by atoms with van der Waals surface area (Å²) in [4.78, 5) is 14.3. The van der Waals surface area contributed by atoms with Crippen LogP contribution in [0.25, 0.3) is 0 Å². The summed E-state index contributed by atoms with van der Waals surface area (Å²) >= 11 is 0. The largest absolute Gasteiger partial charge is 0.394 e. The van der Waals surface area contributed by atoms with Crippen LogP contribution in [-0.4, -0.2) is 65.1 Å². The van der Waals surface area contributed by atoms with Crippen LogP contribution >= 0.6 is 0 Å². The average molecular weight is 270 g/mol. The summed E-state index contributed by atoms with van der Waals surface area (Å²) in [6, 6.07) is 0. The molecular formula is C11H22N6O2. The first-order chi connectivity index (χ1) is 9.00. The van der Waals surface area contributed by atoms with E-state index in [1.165, 1.54) is 0 Å². The topological polar surface area (TPSA) is 106 Å². The Kier molecular flexibility index (Phi) is 5.25. The molecule has 0 aliphatic carbocycles. The minimum absolute atomic E-state index is 0.210. The number of anilines is 3. The lowest BCUT2D eigenvalue weighted by Gasteiger charge is -2.29. The van der Waals surface area contributed by atoms with Crippen molar-refractivity contribution in [2.45, 2.75) is 18.9 Å². The van der Waals surface area contributed by atoms with Gasteiger partial charge in [-0.25, -0.2) is 0 Å². The van der Waals surface area contributed by atoms with Gasteiger partial charge >= 0.3 is 0 Å². The van der Waals surface area contributed by atoms with Crippen LogP contribution in [-0.2, 0) is 0 Å². The predicted molar refractivity (Wildman–Crippen MR) is 74.5 cm³/mol. The Morgan fingerprint density at radius 3 is 2.11 bits per heavy atom. The summed E-state index contributed by atoms with van der Waals surface area (Å²) in [5, 5.41) is 24.7. The fourth-order valence-corrected chi connectivity index (χ4v) is 1.41. The molecule has 108 valence electrons. The fourth-order valence-electron chi connectivity index (χ4n) is 1.41. The summed E-state index contributed by atoms with van der Waals surface area (Å²) in [5.41, 5.74) is -0.837. The number of hydrogen-bond acceptors (Lipinski definition) is 8. The van der Waals surface area contributed by atoms with Crippen molar-refractivity contribution < 1.29 is 10.2 Å². The van der Waals surface area contributed by atoms with Gasteiger partial charge in [-0.1, -0.05) is 6.92 Å². The zero-order valence-corrected chi connectivity index (χ0v) is 11.8. The van der Waals surface area contributed by atoms with E-state index in [0.717, 1.165) is 0 Å². The van der Waals surface area contributed by atoms with Gasteiger partial charge in [-0.2, -0.15) is 15.0 Å². The van der Waals surface area contributed by atoms with Gasteiger partial charge in [0.2, 0.25) is 17.8 Å². The van der Waals surface area contributed by atoms with E-state index in [4.69, 9.17) is 0 Å². The Balaban J connectivity index is 3.08. The molecule has 0 saturated carbocycles. The van der Waals surface area contributed by atoms with Crippen LogP contribution in [0.1, 0.15) is 13.3 Å². The first kappa shape index (κ1) is 15.4. The van der Waals surface area contributed by atoms with Crippen molar-refractivity contribution in [1.29, 1.82) is 0 Å². The normalized spacial score (nSPS) is 11.3. The molecule has 0 aliphatic rings. The molecular weight excluding hydrogens is 248 g/mol. The van der Waals surface area contributed by atoms with Crippen LogP contribution in [0.3, 0.4) is 0 Å². The van der Waals surface area contributed by atoms with Crippen molar-refractivity contribution in [3.8, 4) is 0 Å². The highest BCUT2D eigenvalue weighted by atomic mass is 16.3. The van der Waals surface area contributed by atoms with Crippen LogP contribution in [0.5, 0.6) is 0 Å². The summed E-state index contributed by atoms with van der Waals surface area (Å²) < 4.78 is 0. The van der Waals surface area contributed by atoms with E-state index in [1.807, 2.05) is 21.0 Å². The number of rotatable bonds is 7. The third-order valence-electron chi connectivity index (χ3n) is 2.91. The van der Waals surface area contributed by atoms with E-state index in [1.54, 1.807) is 11.9 Å². The molecule has 19 heavy (non-hydrogen) atoms. The predicted octanol–water partition coefficient (Wildman–Crippen LogP) is -0.475. The lowest BCUT2D eigenvalue weighted by molar-refractivity contribution is 0.132. The molecule has 1 heterocycles. The number of aliphatic hydroxyl groups excluding tert-OH is 2. The van der Waals surface area contributed by atoms with Gasteiger partial charge in [0.25, 0.3) is 0 Å². The molecule has 0 saturated heterocycles. The molecule has 8 heteroatoms. The smallest absolute Gasteiger partial charge is 0.231 e. The zero-order valence-electron chi connectivity index (χ0n) is 11.8. The highest BCUT2D eigenvalue weighted by Crippen LogP contribution is 2.18. The second-order valence-corrected chi connectivity index (χ2v) is 4.50. The van der Waals surface area contributed by atoms with Crippen LogP contribution in [0.4, 0.5) is 17.8 Å². The molecule has 0 amide bonds. The van der Waals surface area contributed by atoms with E-state index in [9.17, 15) is 10.2 Å².